The van der Waals surface area contributed by atoms with Gasteiger partial charge in [0.05, 0.1) is 17.1 Å². The average Bonchev–Trinajstić information content (AvgIpc) is 2.78. The molecule has 0 aromatic heterocycles. The number of hydrogen-bond donors (Lipinski definition) is 1. The number of carbonyl (C=O) groups excluding carboxylic acids is 1. The molecule has 116 valence electrons. The Hall–Kier alpha value is -1.56. The molecule has 0 radical (unpaired) electrons. The summed E-state index contributed by atoms with van der Waals surface area (Å²) in [5, 5.41) is 3.19. The molecular formula is C15H22N2O3S. The van der Waals surface area contributed by atoms with Crippen LogP contribution in [0.4, 0.5) is 5.69 Å². The van der Waals surface area contributed by atoms with Gasteiger partial charge in [0.2, 0.25) is 0 Å². The molecule has 1 heterocycles. The molecule has 6 heteroatoms. The number of rotatable bonds is 4. The molecule has 1 aliphatic rings. The van der Waals surface area contributed by atoms with Crippen molar-refractivity contribution in [2.24, 2.45) is 0 Å². The van der Waals surface area contributed by atoms with Crippen LogP contribution in [0.25, 0.3) is 0 Å². The molecule has 0 spiro atoms. The van der Waals surface area contributed by atoms with Crippen LogP contribution in [0.5, 0.6) is 0 Å². The Balaban J connectivity index is 2.23. The van der Waals surface area contributed by atoms with Crippen LogP contribution < -0.4 is 5.32 Å². The molecule has 21 heavy (non-hydrogen) atoms. The number of hydrogen-bond acceptors (Lipinski definition) is 4. The van der Waals surface area contributed by atoms with E-state index < -0.39 is 9.84 Å². The van der Waals surface area contributed by atoms with Crippen LogP contribution in [-0.2, 0) is 9.84 Å². The number of amides is 1. The maximum absolute atomic E-state index is 12.6. The number of nitrogens with one attached hydrogen (secondary N) is 1. The van der Waals surface area contributed by atoms with Gasteiger partial charge in [-0.2, -0.15) is 0 Å². The monoisotopic (exact) mass is 310 g/mol. The molecule has 5 nitrogen and oxygen atoms in total. The quantitative estimate of drug-likeness (QED) is 0.919. The Bertz CT molecular complexity index is 640. The first kappa shape index (κ1) is 15.8. The molecule has 1 aromatic carbocycles. The van der Waals surface area contributed by atoms with E-state index in [-0.39, 0.29) is 23.5 Å². The summed E-state index contributed by atoms with van der Waals surface area (Å²) in [6.45, 7) is 4.68. The van der Waals surface area contributed by atoms with Gasteiger partial charge in [-0.1, -0.05) is 6.07 Å². The first-order valence-corrected chi connectivity index (χ1v) is 8.98. The Morgan fingerprint density at radius 1 is 1.43 bits per heavy atom. The van der Waals surface area contributed by atoms with Crippen molar-refractivity contribution < 1.29 is 13.2 Å². The van der Waals surface area contributed by atoms with Crippen LogP contribution >= 0.6 is 0 Å². The van der Waals surface area contributed by atoms with Crippen molar-refractivity contribution in [3.8, 4) is 0 Å². The molecule has 1 atom stereocenters. The fourth-order valence-electron chi connectivity index (χ4n) is 2.62. The first-order valence-electron chi connectivity index (χ1n) is 7.16. The number of nitrogens with zero attached hydrogens (tertiary/aromatic N) is 1. The minimum Gasteiger partial charge on any atom is -0.385 e. The summed E-state index contributed by atoms with van der Waals surface area (Å²) >= 11 is 0. The second kappa shape index (κ2) is 6.05. The van der Waals surface area contributed by atoms with E-state index in [1.54, 1.807) is 18.0 Å². The van der Waals surface area contributed by atoms with Crippen molar-refractivity contribution in [1.82, 2.24) is 4.90 Å². The van der Waals surface area contributed by atoms with Crippen molar-refractivity contribution >= 4 is 21.4 Å². The van der Waals surface area contributed by atoms with Crippen LogP contribution in [-0.4, -0.2) is 50.4 Å². The van der Waals surface area contributed by atoms with E-state index >= 15 is 0 Å². The molecule has 1 aliphatic heterocycles. The highest BCUT2D eigenvalue weighted by molar-refractivity contribution is 7.91. The van der Waals surface area contributed by atoms with Gasteiger partial charge in [-0.05, 0) is 38.0 Å². The smallest absolute Gasteiger partial charge is 0.255 e. The van der Waals surface area contributed by atoms with Crippen LogP contribution in [0.3, 0.4) is 0 Å². The van der Waals surface area contributed by atoms with Gasteiger partial charge in [-0.15, -0.1) is 0 Å². The molecular weight excluding hydrogens is 288 g/mol. The Kier molecular flexibility index (Phi) is 4.56. The van der Waals surface area contributed by atoms with Crippen LogP contribution in [0.1, 0.15) is 29.3 Å². The normalized spacial score (nSPS) is 20.2. The van der Waals surface area contributed by atoms with Gasteiger partial charge >= 0.3 is 0 Å². The zero-order valence-corrected chi connectivity index (χ0v) is 13.5. The topological polar surface area (TPSA) is 66.5 Å². The number of aryl methyl sites for hydroxylation is 1. The fraction of sp³-hybridized carbons (Fsp3) is 0.533. The third-order valence-corrected chi connectivity index (χ3v) is 5.60. The molecule has 1 N–H and O–H groups in total. The van der Waals surface area contributed by atoms with Gasteiger partial charge < -0.3 is 10.2 Å². The third-order valence-electron chi connectivity index (χ3n) is 3.85. The fourth-order valence-corrected chi connectivity index (χ4v) is 4.39. The molecule has 1 aromatic rings. The van der Waals surface area contributed by atoms with Gasteiger partial charge in [-0.25, -0.2) is 8.42 Å². The van der Waals surface area contributed by atoms with Gasteiger partial charge in [0, 0.05) is 25.3 Å². The molecule has 1 amide bonds. The van der Waals surface area contributed by atoms with Gasteiger partial charge in [0.25, 0.3) is 5.91 Å². The number of sulfone groups is 1. The van der Waals surface area contributed by atoms with E-state index in [1.807, 2.05) is 26.0 Å². The maximum Gasteiger partial charge on any atom is 0.255 e. The average molecular weight is 310 g/mol. The largest absolute Gasteiger partial charge is 0.385 e. The second-order valence-electron chi connectivity index (χ2n) is 5.55. The third kappa shape index (κ3) is 3.56. The highest BCUT2D eigenvalue weighted by Crippen LogP contribution is 2.23. The molecule has 0 bridgehead atoms. The molecule has 1 unspecified atom stereocenters. The summed E-state index contributed by atoms with van der Waals surface area (Å²) in [5.41, 5.74) is 2.47. The molecule has 1 saturated heterocycles. The minimum absolute atomic E-state index is 0.0671. The molecule has 0 saturated carbocycles. The number of carbonyl (C=O) groups is 1. The summed E-state index contributed by atoms with van der Waals surface area (Å²) in [6.07, 6.45) is 0.521. The predicted molar refractivity (Wildman–Crippen MR) is 84.5 cm³/mol. The van der Waals surface area contributed by atoms with E-state index in [0.29, 0.717) is 12.0 Å². The summed E-state index contributed by atoms with van der Waals surface area (Å²) in [4.78, 5) is 14.2. The molecule has 0 aliphatic carbocycles. The van der Waals surface area contributed by atoms with E-state index in [0.717, 1.165) is 17.8 Å². The van der Waals surface area contributed by atoms with Gasteiger partial charge in [0.1, 0.15) is 0 Å². The van der Waals surface area contributed by atoms with E-state index in [1.165, 1.54) is 0 Å². The van der Waals surface area contributed by atoms with Gasteiger partial charge in [-0.3, -0.25) is 4.79 Å². The Morgan fingerprint density at radius 3 is 2.71 bits per heavy atom. The first-order chi connectivity index (χ1) is 9.84. The molecule has 2 rings (SSSR count). The van der Waals surface area contributed by atoms with E-state index in [9.17, 15) is 13.2 Å². The number of benzene rings is 1. The summed E-state index contributed by atoms with van der Waals surface area (Å²) in [6, 6.07) is 5.41. The van der Waals surface area contributed by atoms with Gasteiger partial charge in [0.15, 0.2) is 9.84 Å². The predicted octanol–water partition coefficient (Wildman–Crippen LogP) is 1.69. The second-order valence-corrected chi connectivity index (χ2v) is 7.78. The van der Waals surface area contributed by atoms with E-state index in [4.69, 9.17) is 0 Å². The van der Waals surface area contributed by atoms with Crippen molar-refractivity contribution in [1.29, 1.82) is 0 Å². The lowest BCUT2D eigenvalue weighted by Gasteiger charge is -2.24. The standard InChI is InChI=1S/C15H22N2O3S/c1-4-16-14-9-11(2)5-6-13(14)15(18)17(3)12-7-8-21(19,20)10-12/h5-6,9,12,16H,4,7-8,10H2,1-3H3. The van der Waals surface area contributed by atoms with Crippen LogP contribution in [0.15, 0.2) is 18.2 Å². The highest BCUT2D eigenvalue weighted by Gasteiger charge is 2.33. The zero-order chi connectivity index (χ0) is 15.6. The van der Waals surface area contributed by atoms with Crippen molar-refractivity contribution in [2.75, 3.05) is 30.4 Å². The van der Waals surface area contributed by atoms with Crippen molar-refractivity contribution in [3.05, 3.63) is 29.3 Å². The SMILES string of the molecule is CCNc1cc(C)ccc1C(=O)N(C)C1CCS(=O)(=O)C1. The van der Waals surface area contributed by atoms with Crippen LogP contribution in [0.2, 0.25) is 0 Å². The summed E-state index contributed by atoms with van der Waals surface area (Å²) < 4.78 is 23.1. The minimum atomic E-state index is -2.99. The lowest BCUT2D eigenvalue weighted by atomic mass is 10.1. The van der Waals surface area contributed by atoms with E-state index in [2.05, 4.69) is 5.32 Å². The summed E-state index contributed by atoms with van der Waals surface area (Å²) in [5.74, 6) is 0.106. The van der Waals surface area contributed by atoms with Crippen molar-refractivity contribution in [3.63, 3.8) is 0 Å². The summed E-state index contributed by atoms with van der Waals surface area (Å²) in [7, 11) is -1.31. The highest BCUT2D eigenvalue weighted by atomic mass is 32.2. The number of anilines is 1. The Morgan fingerprint density at radius 2 is 2.14 bits per heavy atom. The van der Waals surface area contributed by atoms with Crippen LogP contribution in [0, 0.1) is 6.92 Å². The van der Waals surface area contributed by atoms with Crippen molar-refractivity contribution in [2.45, 2.75) is 26.3 Å². The Labute approximate surface area is 126 Å². The molecule has 1 fully saturated rings. The lowest BCUT2D eigenvalue weighted by Crippen LogP contribution is -2.38. The zero-order valence-electron chi connectivity index (χ0n) is 12.7. The maximum atomic E-state index is 12.6. The lowest BCUT2D eigenvalue weighted by molar-refractivity contribution is 0.0748.